The summed E-state index contributed by atoms with van der Waals surface area (Å²) in [5, 5.41) is 20.6. The van der Waals surface area contributed by atoms with Gasteiger partial charge in [0.05, 0.1) is 36.7 Å². The molecule has 2 heterocycles. The molecule has 0 bridgehead atoms. The first-order valence-corrected chi connectivity index (χ1v) is 16.6. The van der Waals surface area contributed by atoms with Crippen molar-refractivity contribution < 1.29 is 52.0 Å². The van der Waals surface area contributed by atoms with Gasteiger partial charge in [-0.05, 0) is 42.8 Å². The van der Waals surface area contributed by atoms with Gasteiger partial charge in [0.2, 0.25) is 6.79 Å². The third-order valence-corrected chi connectivity index (χ3v) is 9.14. The van der Waals surface area contributed by atoms with Gasteiger partial charge >= 0.3 is 5.97 Å². The monoisotopic (exact) mass is 693 g/mol. The highest BCUT2D eigenvalue weighted by molar-refractivity contribution is 7.89. The Morgan fingerprint density at radius 3 is 2.43 bits per heavy atom. The van der Waals surface area contributed by atoms with Crippen molar-refractivity contribution in [3.8, 4) is 34.4 Å². The van der Waals surface area contributed by atoms with E-state index in [1.807, 2.05) is 6.92 Å². The van der Waals surface area contributed by atoms with Gasteiger partial charge in [0.25, 0.3) is 15.9 Å². The normalized spacial score (nSPS) is 12.4. The molecule has 258 valence electrons. The Hall–Kier alpha value is -5.54. The number of benzene rings is 3. The van der Waals surface area contributed by atoms with Gasteiger partial charge in [-0.2, -0.15) is 8.42 Å². The Kier molecular flexibility index (Phi) is 10.7. The number of aliphatic carboxylic acids is 1. The zero-order valence-corrected chi connectivity index (χ0v) is 27.8. The number of carboxylic acids is 1. The van der Waals surface area contributed by atoms with Gasteiger partial charge in [-0.15, -0.1) is 4.47 Å². The van der Waals surface area contributed by atoms with E-state index in [4.69, 9.17) is 23.7 Å². The van der Waals surface area contributed by atoms with Crippen molar-refractivity contribution in [2.75, 3.05) is 27.6 Å². The standard InChI is InChI=1S/C34H35N3O11S/c1-4-5-11-32-35-19-24(15-23(34(39)40)14-22-16-30-31(48-21-47-30)18-28(22)45-3)36(32)27-13-12-25(44-2)17-29(27)46-20-33(38)37(41)49(42,43)26-9-7-6-8-10-26/h6-10,12-13,15-19,41H,4-5,11,14,20-21H2,1-3H3,(H,39,40)/b23-15+. The zero-order valence-electron chi connectivity index (χ0n) is 27.0. The molecule has 3 aromatic carbocycles. The summed E-state index contributed by atoms with van der Waals surface area (Å²) in [5.74, 6) is -0.0167. The molecule has 0 atom stereocenters. The number of carboxylic acid groups (broad SMARTS) is 1. The lowest BCUT2D eigenvalue weighted by molar-refractivity contribution is -0.148. The number of imidazole rings is 1. The number of hydrogen-bond acceptors (Lipinski definition) is 11. The summed E-state index contributed by atoms with van der Waals surface area (Å²) >= 11 is 0. The summed E-state index contributed by atoms with van der Waals surface area (Å²) < 4.78 is 54.6. The number of unbranched alkanes of at least 4 members (excludes halogenated alkanes) is 1. The highest BCUT2D eigenvalue weighted by atomic mass is 32.2. The summed E-state index contributed by atoms with van der Waals surface area (Å²) in [6.07, 6.45) is 5.12. The average Bonchev–Trinajstić information content (AvgIpc) is 3.74. The van der Waals surface area contributed by atoms with Crippen molar-refractivity contribution >= 4 is 28.0 Å². The van der Waals surface area contributed by atoms with Gasteiger partial charge < -0.3 is 28.8 Å². The van der Waals surface area contributed by atoms with E-state index in [2.05, 4.69) is 4.98 Å². The molecule has 0 unspecified atom stereocenters. The van der Waals surface area contributed by atoms with Crippen LogP contribution in [0.4, 0.5) is 0 Å². The number of amides is 1. The van der Waals surface area contributed by atoms with E-state index < -0.39 is 28.5 Å². The number of hydroxylamine groups is 1. The van der Waals surface area contributed by atoms with Crippen LogP contribution >= 0.6 is 0 Å². The highest BCUT2D eigenvalue weighted by Gasteiger charge is 2.29. The van der Waals surface area contributed by atoms with Gasteiger partial charge in [-0.3, -0.25) is 14.6 Å². The summed E-state index contributed by atoms with van der Waals surface area (Å²) in [6, 6.07) is 15.1. The van der Waals surface area contributed by atoms with Crippen LogP contribution in [0.15, 0.2) is 77.3 Å². The molecule has 4 aromatic rings. The number of ether oxygens (including phenoxy) is 5. The van der Waals surface area contributed by atoms with E-state index >= 15 is 0 Å². The Morgan fingerprint density at radius 2 is 1.76 bits per heavy atom. The van der Waals surface area contributed by atoms with Crippen molar-refractivity contribution in [3.05, 3.63) is 89.5 Å². The minimum absolute atomic E-state index is 0.00792. The van der Waals surface area contributed by atoms with E-state index in [9.17, 15) is 28.3 Å². The fourth-order valence-corrected chi connectivity index (χ4v) is 6.13. The lowest BCUT2D eigenvalue weighted by Gasteiger charge is -2.19. The first-order chi connectivity index (χ1) is 23.6. The molecule has 1 aliphatic rings. The van der Waals surface area contributed by atoms with Crippen molar-refractivity contribution in [2.45, 2.75) is 37.5 Å². The van der Waals surface area contributed by atoms with Gasteiger partial charge in [-0.25, -0.2) is 9.78 Å². The first kappa shape index (κ1) is 34.8. The molecular weight excluding hydrogens is 658 g/mol. The molecule has 14 nitrogen and oxygen atoms in total. The molecule has 0 aliphatic carbocycles. The minimum atomic E-state index is -4.56. The van der Waals surface area contributed by atoms with Crippen LogP contribution in [-0.4, -0.2) is 72.2 Å². The maximum atomic E-state index is 12.9. The molecule has 0 radical (unpaired) electrons. The maximum Gasteiger partial charge on any atom is 0.331 e. The van der Waals surface area contributed by atoms with Crippen molar-refractivity contribution in [2.24, 2.45) is 0 Å². The number of rotatable bonds is 15. The van der Waals surface area contributed by atoms with Crippen LogP contribution < -0.4 is 23.7 Å². The molecule has 2 N–H and O–H groups in total. The molecule has 1 amide bonds. The van der Waals surface area contributed by atoms with Crippen LogP contribution in [0.1, 0.15) is 36.8 Å². The molecule has 1 aliphatic heterocycles. The van der Waals surface area contributed by atoms with Crippen LogP contribution in [0.3, 0.4) is 0 Å². The Bertz CT molecular complexity index is 1970. The van der Waals surface area contributed by atoms with Crippen LogP contribution in [0.2, 0.25) is 0 Å². The summed E-state index contributed by atoms with van der Waals surface area (Å²) in [4.78, 5) is 29.8. The van der Waals surface area contributed by atoms with Crippen LogP contribution in [0.5, 0.6) is 28.7 Å². The van der Waals surface area contributed by atoms with Gasteiger partial charge in [0, 0.05) is 36.1 Å². The predicted molar refractivity (Wildman–Crippen MR) is 175 cm³/mol. The average molecular weight is 694 g/mol. The molecule has 49 heavy (non-hydrogen) atoms. The van der Waals surface area contributed by atoms with Crippen molar-refractivity contribution in [3.63, 3.8) is 0 Å². The molecule has 0 fully saturated rings. The number of carbonyl (C=O) groups is 2. The summed E-state index contributed by atoms with van der Waals surface area (Å²) in [5.41, 5.74) is 1.32. The summed E-state index contributed by atoms with van der Waals surface area (Å²) in [7, 11) is -1.64. The van der Waals surface area contributed by atoms with Crippen molar-refractivity contribution in [1.29, 1.82) is 0 Å². The molecule has 0 spiro atoms. The third kappa shape index (κ3) is 7.63. The van der Waals surface area contributed by atoms with Gasteiger partial charge in [0.1, 0.15) is 23.1 Å². The van der Waals surface area contributed by atoms with E-state index in [-0.39, 0.29) is 33.9 Å². The second-order valence-corrected chi connectivity index (χ2v) is 12.6. The molecule has 1 aromatic heterocycles. The van der Waals surface area contributed by atoms with Crippen LogP contribution in [0.25, 0.3) is 11.8 Å². The fourth-order valence-electron chi connectivity index (χ4n) is 5.10. The molecule has 5 rings (SSSR count). The lowest BCUT2D eigenvalue weighted by atomic mass is 10.0. The predicted octanol–water partition coefficient (Wildman–Crippen LogP) is 4.66. The second-order valence-electron chi connectivity index (χ2n) is 10.8. The maximum absolute atomic E-state index is 12.9. The SMILES string of the molecule is CCCCc1ncc(/C=C(\Cc2cc3c(cc2OC)OCO3)C(=O)O)n1-c1ccc(OC)cc1OCC(=O)N(O)S(=O)(=O)c1ccccc1. The van der Waals surface area contributed by atoms with E-state index in [0.29, 0.717) is 52.2 Å². The Labute approximate surface area is 282 Å². The number of aromatic nitrogens is 2. The highest BCUT2D eigenvalue weighted by Crippen LogP contribution is 2.39. The minimum Gasteiger partial charge on any atom is -0.497 e. The van der Waals surface area contributed by atoms with E-state index in [1.165, 1.54) is 56.8 Å². The number of hydrogen-bond donors (Lipinski definition) is 2. The molecular formula is C34H35N3O11S. The smallest absolute Gasteiger partial charge is 0.331 e. The number of aryl methyl sites for hydroxylation is 1. The number of fused-ring (bicyclic) bond motifs is 1. The molecule has 0 saturated carbocycles. The number of carbonyl (C=O) groups excluding carboxylic acids is 1. The van der Waals surface area contributed by atoms with E-state index in [1.54, 1.807) is 34.9 Å². The van der Waals surface area contributed by atoms with Crippen LogP contribution in [-0.2, 0) is 32.5 Å². The Balaban J connectivity index is 1.52. The topological polar surface area (TPSA) is 176 Å². The number of nitrogens with zero attached hydrogens (tertiary/aromatic N) is 3. The van der Waals surface area contributed by atoms with Gasteiger partial charge in [-0.1, -0.05) is 31.5 Å². The van der Waals surface area contributed by atoms with Gasteiger partial charge in [0.15, 0.2) is 18.1 Å². The molecule has 15 heteroatoms. The lowest BCUT2D eigenvalue weighted by Crippen LogP contribution is -2.37. The fraction of sp³-hybridized carbons (Fsp3) is 0.265. The summed E-state index contributed by atoms with van der Waals surface area (Å²) in [6.45, 7) is 1.20. The zero-order chi connectivity index (χ0) is 35.1. The van der Waals surface area contributed by atoms with Crippen molar-refractivity contribution in [1.82, 2.24) is 14.0 Å². The van der Waals surface area contributed by atoms with Crippen LogP contribution in [0, 0.1) is 0 Å². The molecule has 0 saturated heterocycles. The largest absolute Gasteiger partial charge is 0.497 e. The first-order valence-electron chi connectivity index (χ1n) is 15.2. The third-order valence-electron chi connectivity index (χ3n) is 7.61. The number of sulfonamides is 1. The van der Waals surface area contributed by atoms with E-state index in [0.717, 1.165) is 12.8 Å². The Morgan fingerprint density at radius 1 is 1.02 bits per heavy atom. The second kappa shape index (κ2) is 15.1. The quantitative estimate of drug-likeness (QED) is 0.100. The number of methoxy groups -OCH3 is 2.